The van der Waals surface area contributed by atoms with Gasteiger partial charge in [-0.1, -0.05) is 59.8 Å². The summed E-state index contributed by atoms with van der Waals surface area (Å²) in [5.41, 5.74) is 3.00. The van der Waals surface area contributed by atoms with Gasteiger partial charge in [0.25, 0.3) is 5.91 Å². The highest BCUT2D eigenvalue weighted by Crippen LogP contribution is 2.30. The number of anilines is 1. The second kappa shape index (κ2) is 10.7. The lowest BCUT2D eigenvalue weighted by atomic mass is 10.1. The number of ketones is 1. The fourth-order valence-electron chi connectivity index (χ4n) is 3.89. The third-order valence-corrected chi connectivity index (χ3v) is 6.65. The van der Waals surface area contributed by atoms with Crippen LogP contribution in [0.1, 0.15) is 21.6 Å². The van der Waals surface area contributed by atoms with E-state index in [4.69, 9.17) is 9.26 Å². The quantitative estimate of drug-likeness (QED) is 0.205. The molecule has 0 N–H and O–H groups in total. The Morgan fingerprint density at radius 2 is 1.87 bits per heavy atom. The molecule has 5 rings (SSSR count). The number of carbonyl (C=O) groups is 2. The number of carbonyl (C=O) groups excluding carboxylic acids is 2. The number of aliphatic imine (C=N–C) groups is 1. The summed E-state index contributed by atoms with van der Waals surface area (Å²) in [6.45, 7) is 1.97. The van der Waals surface area contributed by atoms with Crippen LogP contribution in [0.4, 0.5) is 5.69 Å². The molecular weight excluding hydrogens is 504 g/mol. The number of nitrogens with zero attached hydrogens (tertiary/aromatic N) is 4. The number of Topliss-reactive ketones (excluding diaryl/α,β-unsaturated/α-hetero) is 1. The summed E-state index contributed by atoms with van der Waals surface area (Å²) >= 11 is 1.06. The number of aryl methyl sites for hydroxylation is 1. The molecule has 10 heteroatoms. The number of aromatic nitrogens is 2. The Kier molecular flexibility index (Phi) is 7.05. The Morgan fingerprint density at radius 1 is 1.11 bits per heavy atom. The van der Waals surface area contributed by atoms with Crippen molar-refractivity contribution < 1.29 is 28.6 Å². The average Bonchev–Trinajstić information content (AvgIpc) is 3.47. The fourth-order valence-corrected chi connectivity index (χ4v) is 4.77. The van der Waals surface area contributed by atoms with Gasteiger partial charge >= 0.3 is 5.69 Å². The number of hydrogen-bond acceptors (Lipinski definition) is 8. The molecule has 4 aromatic rings. The van der Waals surface area contributed by atoms with Gasteiger partial charge < -0.3 is 14.4 Å². The molecule has 1 aliphatic rings. The van der Waals surface area contributed by atoms with Crippen LogP contribution in [-0.2, 0) is 4.79 Å². The summed E-state index contributed by atoms with van der Waals surface area (Å²) in [6, 6.07) is 23.5. The van der Waals surface area contributed by atoms with E-state index in [-0.39, 0.29) is 23.1 Å². The maximum Gasteiger partial charge on any atom is 0.307 e. The molecule has 0 atom stereocenters. The Labute approximate surface area is 222 Å². The van der Waals surface area contributed by atoms with Crippen LogP contribution < -0.4 is 19.4 Å². The second-order valence-electron chi connectivity index (χ2n) is 8.34. The molecule has 3 aromatic carbocycles. The van der Waals surface area contributed by atoms with Gasteiger partial charge in [-0.3, -0.25) is 14.5 Å². The van der Waals surface area contributed by atoms with Gasteiger partial charge in [0.15, 0.2) is 11.1 Å². The Balaban J connectivity index is 1.43. The summed E-state index contributed by atoms with van der Waals surface area (Å²) in [5, 5.41) is 16.5. The number of amidine groups is 1. The zero-order valence-electron chi connectivity index (χ0n) is 20.5. The van der Waals surface area contributed by atoms with E-state index in [9.17, 15) is 14.7 Å². The molecule has 38 heavy (non-hydrogen) atoms. The summed E-state index contributed by atoms with van der Waals surface area (Å²) in [6.07, 6.45) is 1.72. The Bertz CT molecular complexity index is 1560. The minimum atomic E-state index is -0.851. The summed E-state index contributed by atoms with van der Waals surface area (Å²) in [5.74, 6) is -1.23. The molecule has 0 aliphatic carbocycles. The van der Waals surface area contributed by atoms with Crippen molar-refractivity contribution in [1.82, 2.24) is 5.27 Å². The number of rotatable bonds is 7. The van der Waals surface area contributed by atoms with Crippen LogP contribution in [0.5, 0.6) is 11.7 Å². The van der Waals surface area contributed by atoms with E-state index in [1.807, 2.05) is 49.4 Å². The molecule has 0 spiro atoms. The number of para-hydroxylation sites is 1. The monoisotopic (exact) mass is 526 g/mol. The van der Waals surface area contributed by atoms with Crippen molar-refractivity contribution in [1.29, 1.82) is 0 Å². The van der Waals surface area contributed by atoms with Crippen molar-refractivity contribution >= 4 is 40.4 Å². The van der Waals surface area contributed by atoms with Gasteiger partial charge in [0.1, 0.15) is 11.4 Å². The highest BCUT2D eigenvalue weighted by Gasteiger charge is 2.34. The predicted molar refractivity (Wildman–Crippen MR) is 141 cm³/mol. The third-order valence-electron chi connectivity index (χ3n) is 5.71. The molecule has 0 bridgehead atoms. The molecule has 1 aliphatic heterocycles. The zero-order chi connectivity index (χ0) is 26.6. The Hall–Kier alpha value is -4.70. The number of methoxy groups -OCH3 is 1. The maximum absolute atomic E-state index is 13.4. The largest absolute Gasteiger partial charge is 0.539 e. The number of hydrogen-bond donors (Lipinski definition) is 0. The lowest BCUT2D eigenvalue weighted by Crippen LogP contribution is -2.39. The van der Waals surface area contributed by atoms with E-state index in [1.165, 1.54) is 12.0 Å². The smallest absolute Gasteiger partial charge is 0.307 e. The number of benzene rings is 3. The first kappa shape index (κ1) is 25.0. The van der Waals surface area contributed by atoms with Crippen LogP contribution in [0.2, 0.25) is 0 Å². The van der Waals surface area contributed by atoms with Gasteiger partial charge in [-0.05, 0) is 47.5 Å². The van der Waals surface area contributed by atoms with E-state index in [1.54, 1.807) is 42.5 Å². The molecule has 2 heterocycles. The van der Waals surface area contributed by atoms with Gasteiger partial charge in [0.2, 0.25) is 11.5 Å². The van der Waals surface area contributed by atoms with E-state index < -0.39 is 11.7 Å². The fraction of sp³-hybridized carbons (Fsp3) is 0.107. The second-order valence-corrected chi connectivity index (χ2v) is 9.29. The molecule has 0 saturated carbocycles. The molecular formula is C28H22N4O5S. The van der Waals surface area contributed by atoms with Crippen molar-refractivity contribution in [3.05, 3.63) is 101 Å². The molecule has 0 fully saturated rings. The lowest BCUT2D eigenvalue weighted by Gasteiger charge is -2.17. The highest BCUT2D eigenvalue weighted by molar-refractivity contribution is 8.14. The zero-order valence-corrected chi connectivity index (χ0v) is 21.3. The van der Waals surface area contributed by atoms with Crippen LogP contribution in [-0.4, -0.2) is 35.0 Å². The predicted octanol–water partition coefficient (Wildman–Crippen LogP) is 3.70. The molecule has 9 nitrogen and oxygen atoms in total. The van der Waals surface area contributed by atoms with Gasteiger partial charge in [0.05, 0.1) is 23.8 Å². The molecule has 0 radical (unpaired) electrons. The molecule has 0 unspecified atom stereocenters. The SMILES string of the molecule is COc1ccc(-[n+]2noc([O-])c2C(=O)CSC2=N/C(=C/c3cccc(C)c3)C(=O)N2c2ccccc2)cc1. The van der Waals surface area contributed by atoms with Crippen LogP contribution in [0, 0.1) is 6.92 Å². The topological polar surface area (TPSA) is 112 Å². The van der Waals surface area contributed by atoms with E-state index >= 15 is 0 Å². The average molecular weight is 527 g/mol. The van der Waals surface area contributed by atoms with Crippen molar-refractivity contribution in [3.8, 4) is 17.4 Å². The first-order valence-electron chi connectivity index (χ1n) is 11.6. The first-order valence-corrected chi connectivity index (χ1v) is 12.6. The molecule has 1 amide bonds. The third kappa shape index (κ3) is 5.07. The Morgan fingerprint density at radius 3 is 2.58 bits per heavy atom. The summed E-state index contributed by atoms with van der Waals surface area (Å²) < 4.78 is 11.1. The van der Waals surface area contributed by atoms with Crippen molar-refractivity contribution in [2.45, 2.75) is 6.92 Å². The summed E-state index contributed by atoms with van der Waals surface area (Å²) in [7, 11) is 1.54. The highest BCUT2D eigenvalue weighted by atomic mass is 32.2. The number of amides is 1. The van der Waals surface area contributed by atoms with Crippen molar-refractivity contribution in [2.24, 2.45) is 4.99 Å². The van der Waals surface area contributed by atoms with E-state index in [2.05, 4.69) is 10.3 Å². The van der Waals surface area contributed by atoms with Gasteiger partial charge in [0, 0.05) is 12.1 Å². The van der Waals surface area contributed by atoms with Crippen LogP contribution >= 0.6 is 11.8 Å². The molecule has 190 valence electrons. The van der Waals surface area contributed by atoms with E-state index in [0.29, 0.717) is 22.3 Å². The lowest BCUT2D eigenvalue weighted by molar-refractivity contribution is -0.672. The minimum absolute atomic E-state index is 0.167. The van der Waals surface area contributed by atoms with Crippen LogP contribution in [0.3, 0.4) is 0 Å². The van der Waals surface area contributed by atoms with Crippen molar-refractivity contribution in [3.63, 3.8) is 0 Å². The van der Waals surface area contributed by atoms with Gasteiger partial charge in [-0.25, -0.2) is 4.99 Å². The van der Waals surface area contributed by atoms with Crippen LogP contribution in [0.25, 0.3) is 11.8 Å². The van der Waals surface area contributed by atoms with E-state index in [0.717, 1.165) is 27.6 Å². The first-order chi connectivity index (χ1) is 18.4. The molecule has 1 aromatic heterocycles. The standard InChI is InChI=1S/C28H22N4O5S/c1-18-7-6-8-19(15-18)16-23-26(34)31(20-9-4-3-5-10-20)28(29-23)38-17-24(33)25-27(35)37-30-32(25)21-11-13-22(36-2)14-12-21/h3-16H,17H2,1-2H3/b23-16+. The number of thioether (sulfide) groups is 1. The van der Waals surface area contributed by atoms with Gasteiger partial charge in [-0.2, -0.15) is 0 Å². The normalized spacial score (nSPS) is 14.2. The molecule has 0 saturated heterocycles. The van der Waals surface area contributed by atoms with Crippen LogP contribution in [0.15, 0.2) is 94.1 Å². The summed E-state index contributed by atoms with van der Waals surface area (Å²) in [4.78, 5) is 32.6. The maximum atomic E-state index is 13.4. The van der Waals surface area contributed by atoms with Crippen molar-refractivity contribution in [2.75, 3.05) is 17.8 Å². The van der Waals surface area contributed by atoms with Gasteiger partial charge in [-0.15, -0.1) is 0 Å². The minimum Gasteiger partial charge on any atom is -0.539 e. The number of ether oxygens (including phenoxy) is 1.